The fourth-order valence-corrected chi connectivity index (χ4v) is 2.35. The first-order chi connectivity index (χ1) is 10.3. The van der Waals surface area contributed by atoms with Crippen LogP contribution in [0.1, 0.15) is 16.1 Å². The number of benzene rings is 1. The third-order valence-corrected chi connectivity index (χ3v) is 3.38. The number of hydrogen-bond acceptors (Lipinski definition) is 3. The number of carboxylic acid groups (broad SMARTS) is 1. The SMILES string of the molecule is Cn1c(-c2cc(C(=O)O)on2)cc2c(C(F)(F)F)cccc21. The van der Waals surface area contributed by atoms with E-state index >= 15 is 0 Å². The largest absolute Gasteiger partial charge is 0.475 e. The summed E-state index contributed by atoms with van der Waals surface area (Å²) < 4.78 is 45.3. The van der Waals surface area contributed by atoms with Gasteiger partial charge in [0.15, 0.2) is 0 Å². The van der Waals surface area contributed by atoms with Crippen molar-refractivity contribution < 1.29 is 27.6 Å². The fraction of sp³-hybridized carbons (Fsp3) is 0.143. The van der Waals surface area contributed by atoms with Gasteiger partial charge in [0.2, 0.25) is 5.76 Å². The molecular formula is C14H9F3N2O3. The Morgan fingerprint density at radius 3 is 2.64 bits per heavy atom. The maximum atomic E-state index is 13.1. The quantitative estimate of drug-likeness (QED) is 0.786. The van der Waals surface area contributed by atoms with Crippen LogP contribution in [0.15, 0.2) is 34.9 Å². The molecule has 0 saturated carbocycles. The summed E-state index contributed by atoms with van der Waals surface area (Å²) in [5, 5.41) is 12.4. The summed E-state index contributed by atoms with van der Waals surface area (Å²) in [7, 11) is 1.58. The predicted octanol–water partition coefficient (Wildman–Crippen LogP) is 3.55. The number of halogens is 3. The number of alkyl halides is 3. The molecule has 2 aromatic heterocycles. The fourth-order valence-electron chi connectivity index (χ4n) is 2.35. The molecule has 22 heavy (non-hydrogen) atoms. The number of carbonyl (C=O) groups is 1. The molecule has 0 fully saturated rings. The highest BCUT2D eigenvalue weighted by Crippen LogP contribution is 2.37. The molecule has 5 nitrogen and oxygen atoms in total. The van der Waals surface area contributed by atoms with E-state index in [1.807, 2.05) is 0 Å². The Morgan fingerprint density at radius 1 is 1.32 bits per heavy atom. The highest BCUT2D eigenvalue weighted by molar-refractivity contribution is 5.91. The predicted molar refractivity (Wildman–Crippen MR) is 70.4 cm³/mol. The van der Waals surface area contributed by atoms with Gasteiger partial charge in [-0.25, -0.2) is 4.79 Å². The Bertz CT molecular complexity index is 877. The van der Waals surface area contributed by atoms with Gasteiger partial charge in [-0.3, -0.25) is 0 Å². The molecule has 0 radical (unpaired) electrons. The van der Waals surface area contributed by atoms with Crippen molar-refractivity contribution in [3.63, 3.8) is 0 Å². The monoisotopic (exact) mass is 310 g/mol. The van der Waals surface area contributed by atoms with E-state index in [2.05, 4.69) is 9.68 Å². The first-order valence-electron chi connectivity index (χ1n) is 6.15. The van der Waals surface area contributed by atoms with E-state index in [9.17, 15) is 18.0 Å². The van der Waals surface area contributed by atoms with Crippen LogP contribution in [0.3, 0.4) is 0 Å². The molecule has 2 heterocycles. The Hall–Kier alpha value is -2.77. The molecule has 0 aliphatic heterocycles. The molecule has 0 amide bonds. The molecule has 0 aliphatic carbocycles. The smallest absolute Gasteiger partial charge is 0.417 e. The van der Waals surface area contributed by atoms with Gasteiger partial charge in [-0.15, -0.1) is 0 Å². The molecule has 3 rings (SSSR count). The number of aromatic nitrogens is 2. The minimum atomic E-state index is -4.48. The van der Waals surface area contributed by atoms with Crippen LogP contribution in [0, 0.1) is 0 Å². The molecule has 0 spiro atoms. The molecule has 8 heteroatoms. The number of nitrogens with zero attached hydrogens (tertiary/aromatic N) is 2. The maximum absolute atomic E-state index is 13.1. The molecule has 0 unspecified atom stereocenters. The van der Waals surface area contributed by atoms with Crippen LogP contribution in [0.25, 0.3) is 22.3 Å². The molecule has 0 saturated heterocycles. The summed E-state index contributed by atoms with van der Waals surface area (Å²) in [6.07, 6.45) is -4.48. The molecule has 1 aromatic carbocycles. The summed E-state index contributed by atoms with van der Waals surface area (Å²) in [4.78, 5) is 10.8. The summed E-state index contributed by atoms with van der Waals surface area (Å²) in [6, 6.07) is 6.36. The van der Waals surface area contributed by atoms with Gasteiger partial charge < -0.3 is 14.2 Å². The summed E-state index contributed by atoms with van der Waals surface area (Å²) in [6.45, 7) is 0. The molecule has 1 N–H and O–H groups in total. The highest BCUT2D eigenvalue weighted by Gasteiger charge is 2.33. The van der Waals surface area contributed by atoms with Gasteiger partial charge in [-0.1, -0.05) is 11.2 Å². The van der Waals surface area contributed by atoms with Crippen LogP contribution in [-0.2, 0) is 13.2 Å². The Labute approximate surface area is 121 Å². The van der Waals surface area contributed by atoms with Crippen molar-refractivity contribution in [2.24, 2.45) is 7.05 Å². The van der Waals surface area contributed by atoms with Gasteiger partial charge in [0.05, 0.1) is 11.3 Å². The van der Waals surface area contributed by atoms with Crippen LogP contribution < -0.4 is 0 Å². The van der Waals surface area contributed by atoms with Gasteiger partial charge >= 0.3 is 12.1 Å². The Morgan fingerprint density at radius 2 is 2.05 bits per heavy atom. The van der Waals surface area contributed by atoms with Gasteiger partial charge in [-0.05, 0) is 18.2 Å². The van der Waals surface area contributed by atoms with E-state index in [4.69, 9.17) is 5.11 Å². The minimum absolute atomic E-state index is 0.0207. The maximum Gasteiger partial charge on any atom is 0.417 e. The number of aromatic carboxylic acids is 1. The number of fused-ring (bicyclic) bond motifs is 1. The van der Waals surface area contributed by atoms with Crippen molar-refractivity contribution in [2.45, 2.75) is 6.18 Å². The van der Waals surface area contributed by atoms with E-state index in [1.54, 1.807) is 13.1 Å². The lowest BCUT2D eigenvalue weighted by Crippen LogP contribution is -2.05. The van der Waals surface area contributed by atoms with Gasteiger partial charge in [0, 0.05) is 24.0 Å². The number of carboxylic acids is 1. The summed E-state index contributed by atoms with van der Waals surface area (Å²) in [5.41, 5.74) is 0.102. The average Bonchev–Trinajstić information content (AvgIpc) is 3.03. The van der Waals surface area contributed by atoms with E-state index in [-0.39, 0.29) is 16.8 Å². The second-order valence-corrected chi connectivity index (χ2v) is 4.71. The summed E-state index contributed by atoms with van der Waals surface area (Å²) in [5.74, 6) is -1.68. The molecule has 114 valence electrons. The lowest BCUT2D eigenvalue weighted by molar-refractivity contribution is -0.136. The van der Waals surface area contributed by atoms with E-state index in [0.29, 0.717) is 11.2 Å². The first kappa shape index (κ1) is 14.2. The third-order valence-electron chi connectivity index (χ3n) is 3.38. The van der Waals surface area contributed by atoms with Gasteiger partial charge in [-0.2, -0.15) is 13.2 Å². The molecular weight excluding hydrogens is 301 g/mol. The van der Waals surface area contributed by atoms with Crippen LogP contribution in [0.4, 0.5) is 13.2 Å². The van der Waals surface area contributed by atoms with Crippen molar-refractivity contribution in [1.82, 2.24) is 9.72 Å². The first-order valence-corrected chi connectivity index (χ1v) is 6.15. The van der Waals surface area contributed by atoms with Crippen LogP contribution in [0.5, 0.6) is 0 Å². The molecule has 0 atom stereocenters. The lowest BCUT2D eigenvalue weighted by Gasteiger charge is -2.07. The minimum Gasteiger partial charge on any atom is -0.475 e. The topological polar surface area (TPSA) is 68.3 Å². The highest BCUT2D eigenvalue weighted by atomic mass is 19.4. The zero-order valence-electron chi connectivity index (χ0n) is 11.2. The molecule has 3 aromatic rings. The second kappa shape index (κ2) is 4.62. The van der Waals surface area contributed by atoms with Crippen molar-refractivity contribution in [1.29, 1.82) is 0 Å². The number of aryl methyl sites for hydroxylation is 1. The average molecular weight is 310 g/mol. The standard InChI is InChI=1S/C14H9F3N2O3/c1-19-10-4-2-3-8(14(15,16)17)7(10)5-11(19)9-6-12(13(20)21)22-18-9/h2-6H,1H3,(H,20,21). The summed E-state index contributed by atoms with van der Waals surface area (Å²) >= 11 is 0. The second-order valence-electron chi connectivity index (χ2n) is 4.71. The van der Waals surface area contributed by atoms with E-state index in [0.717, 1.165) is 6.07 Å². The van der Waals surface area contributed by atoms with Crippen LogP contribution >= 0.6 is 0 Å². The number of rotatable bonds is 2. The third kappa shape index (κ3) is 2.12. The molecule has 0 bridgehead atoms. The van der Waals surface area contributed by atoms with E-state index in [1.165, 1.54) is 22.8 Å². The normalized spacial score (nSPS) is 12.0. The Balaban J connectivity index is 2.23. The Kier molecular flexibility index (Phi) is 2.98. The molecule has 0 aliphatic rings. The van der Waals surface area contributed by atoms with Crippen LogP contribution in [0.2, 0.25) is 0 Å². The van der Waals surface area contributed by atoms with Crippen molar-refractivity contribution in [2.75, 3.05) is 0 Å². The van der Waals surface area contributed by atoms with Gasteiger partial charge in [0.1, 0.15) is 5.69 Å². The van der Waals surface area contributed by atoms with Crippen molar-refractivity contribution >= 4 is 16.9 Å². The van der Waals surface area contributed by atoms with E-state index < -0.39 is 17.7 Å². The van der Waals surface area contributed by atoms with Gasteiger partial charge in [0.25, 0.3) is 0 Å². The van der Waals surface area contributed by atoms with Crippen LogP contribution in [-0.4, -0.2) is 20.8 Å². The van der Waals surface area contributed by atoms with Crippen molar-refractivity contribution in [3.05, 3.63) is 41.7 Å². The number of hydrogen-bond donors (Lipinski definition) is 1. The zero-order chi connectivity index (χ0) is 16.1. The lowest BCUT2D eigenvalue weighted by atomic mass is 10.1. The zero-order valence-corrected chi connectivity index (χ0v) is 11.2. The van der Waals surface area contributed by atoms with Crippen molar-refractivity contribution in [3.8, 4) is 11.4 Å².